The second-order valence-corrected chi connectivity index (χ2v) is 5.93. The van der Waals surface area contributed by atoms with Crippen molar-refractivity contribution in [2.45, 2.75) is 32.4 Å². The molecule has 0 bridgehead atoms. The van der Waals surface area contributed by atoms with Gasteiger partial charge in [0.25, 0.3) is 5.91 Å². The molecule has 1 amide bonds. The van der Waals surface area contributed by atoms with Gasteiger partial charge < -0.3 is 0 Å². The van der Waals surface area contributed by atoms with Crippen molar-refractivity contribution < 1.29 is 4.79 Å². The summed E-state index contributed by atoms with van der Waals surface area (Å²) in [5, 5.41) is 0. The van der Waals surface area contributed by atoms with Gasteiger partial charge >= 0.3 is 0 Å². The Morgan fingerprint density at radius 2 is 2.38 bits per heavy atom. The maximum absolute atomic E-state index is 11.3. The van der Waals surface area contributed by atoms with Gasteiger partial charge in [0.15, 0.2) is 0 Å². The number of nitrogen functional groups attached to an aromatic ring is 1. The molecular weight excluding hydrogens is 240 g/mol. The lowest BCUT2D eigenvalue weighted by Crippen LogP contribution is -2.29. The van der Waals surface area contributed by atoms with E-state index in [1.54, 1.807) is 0 Å². The third-order valence-electron chi connectivity index (χ3n) is 2.28. The van der Waals surface area contributed by atoms with Crippen LogP contribution in [0.4, 0.5) is 0 Å². The summed E-state index contributed by atoms with van der Waals surface area (Å²) in [5.74, 6) is 7.08. The van der Waals surface area contributed by atoms with Crippen molar-refractivity contribution in [1.29, 1.82) is 0 Å². The lowest BCUT2D eigenvalue weighted by Gasteiger charge is -1.99. The number of carbonyl (C=O) groups excluding carboxylic acids is 1. The number of aryl methyl sites for hydroxylation is 1. The monoisotopic (exact) mass is 258 g/mol. The Morgan fingerprint density at radius 1 is 1.62 bits per heavy atom. The molecule has 0 saturated heterocycles. The smallest absolute Gasteiger partial charge is 0.275 e. The highest BCUT2D eigenvalue weighted by Gasteiger charge is 2.10. The average molecular weight is 258 g/mol. The molecule has 0 fully saturated rings. The first-order chi connectivity index (χ1) is 7.69. The van der Waals surface area contributed by atoms with Gasteiger partial charge in [0.1, 0.15) is 0 Å². The first-order valence-corrected chi connectivity index (χ1v) is 7.34. The lowest BCUT2D eigenvalue weighted by molar-refractivity contribution is 0.0957. The van der Waals surface area contributed by atoms with E-state index in [9.17, 15) is 4.79 Å². The van der Waals surface area contributed by atoms with Crippen molar-refractivity contribution in [2.24, 2.45) is 5.84 Å². The van der Waals surface area contributed by atoms with Crippen molar-refractivity contribution >= 4 is 29.0 Å². The Balaban J connectivity index is 2.53. The van der Waals surface area contributed by atoms with Crippen molar-refractivity contribution in [3.05, 3.63) is 21.4 Å². The summed E-state index contributed by atoms with van der Waals surface area (Å²) in [6.07, 6.45) is 2.49. The maximum atomic E-state index is 11.3. The van der Waals surface area contributed by atoms with Gasteiger partial charge in [-0.1, -0.05) is 13.3 Å². The van der Waals surface area contributed by atoms with E-state index in [4.69, 9.17) is 5.84 Å². The summed E-state index contributed by atoms with van der Waals surface area (Å²) in [6.45, 7) is 4.24. The van der Waals surface area contributed by atoms with Gasteiger partial charge in [-0.3, -0.25) is 10.2 Å². The second kappa shape index (κ2) is 6.93. The number of thioether (sulfide) groups is 1. The molecule has 0 unspecified atom stereocenters. The topological polar surface area (TPSA) is 55.1 Å². The van der Waals surface area contributed by atoms with E-state index in [0.717, 1.165) is 5.75 Å². The van der Waals surface area contributed by atoms with Crippen LogP contribution in [0.25, 0.3) is 0 Å². The zero-order valence-corrected chi connectivity index (χ0v) is 11.3. The van der Waals surface area contributed by atoms with Crippen molar-refractivity contribution in [3.63, 3.8) is 0 Å². The molecule has 0 aliphatic carbocycles. The summed E-state index contributed by atoms with van der Waals surface area (Å²) < 4.78 is 0. The third kappa shape index (κ3) is 3.81. The minimum absolute atomic E-state index is 0.196. The molecular formula is C11H18N2OS2. The van der Waals surface area contributed by atoms with Crippen LogP contribution in [0.15, 0.2) is 6.07 Å². The number of hydrogen-bond acceptors (Lipinski definition) is 4. The van der Waals surface area contributed by atoms with Crippen LogP contribution in [0.5, 0.6) is 0 Å². The molecule has 1 heterocycles. The number of thiophene rings is 1. The van der Waals surface area contributed by atoms with Crippen LogP contribution < -0.4 is 11.3 Å². The maximum Gasteiger partial charge on any atom is 0.275 e. The average Bonchev–Trinajstić information content (AvgIpc) is 2.65. The fourth-order valence-electron chi connectivity index (χ4n) is 1.27. The van der Waals surface area contributed by atoms with Crippen LogP contribution in [0, 0.1) is 6.92 Å². The number of nitrogens with two attached hydrogens (primary N) is 1. The number of hydrogen-bond donors (Lipinski definition) is 2. The Hall–Kier alpha value is -0.520. The van der Waals surface area contributed by atoms with E-state index in [2.05, 4.69) is 12.3 Å². The van der Waals surface area contributed by atoms with E-state index in [1.165, 1.54) is 40.4 Å². The highest BCUT2D eigenvalue weighted by atomic mass is 32.2. The molecule has 1 rings (SSSR count). The minimum Gasteiger partial charge on any atom is -0.289 e. The Kier molecular flexibility index (Phi) is 5.87. The summed E-state index contributed by atoms with van der Waals surface area (Å²) >= 11 is 3.43. The molecule has 0 aromatic carbocycles. The zero-order chi connectivity index (χ0) is 12.0. The molecule has 3 N–H and O–H groups in total. The SMILES string of the molecule is CCCCSCc1cc(C(=O)NN)sc1C. The largest absolute Gasteiger partial charge is 0.289 e. The van der Waals surface area contributed by atoms with Gasteiger partial charge in [-0.25, -0.2) is 5.84 Å². The predicted octanol–water partition coefficient (Wildman–Crippen LogP) is 2.69. The summed E-state index contributed by atoms with van der Waals surface area (Å²) in [4.78, 5) is 13.2. The minimum atomic E-state index is -0.196. The van der Waals surface area contributed by atoms with Gasteiger partial charge in [0.2, 0.25) is 0 Å². The molecule has 5 heteroatoms. The normalized spacial score (nSPS) is 10.4. The number of carbonyl (C=O) groups is 1. The van der Waals surface area contributed by atoms with Crippen molar-refractivity contribution in [2.75, 3.05) is 5.75 Å². The zero-order valence-electron chi connectivity index (χ0n) is 9.71. The molecule has 0 atom stereocenters. The van der Waals surface area contributed by atoms with Crippen molar-refractivity contribution in [3.8, 4) is 0 Å². The first-order valence-electron chi connectivity index (χ1n) is 5.37. The summed E-state index contributed by atoms with van der Waals surface area (Å²) in [6, 6.07) is 1.95. The van der Waals surface area contributed by atoms with Crippen LogP contribution in [0.2, 0.25) is 0 Å². The molecule has 0 aliphatic heterocycles. The number of unbranched alkanes of at least 4 members (excludes halogenated alkanes) is 1. The van der Waals surface area contributed by atoms with Gasteiger partial charge in [-0.2, -0.15) is 11.8 Å². The summed E-state index contributed by atoms with van der Waals surface area (Å²) in [7, 11) is 0. The fourth-order valence-corrected chi connectivity index (χ4v) is 3.47. The van der Waals surface area contributed by atoms with Crippen LogP contribution in [-0.2, 0) is 5.75 Å². The Bertz CT molecular complexity index is 350. The predicted molar refractivity (Wildman–Crippen MR) is 71.8 cm³/mol. The Labute approximate surface area is 105 Å². The lowest BCUT2D eigenvalue weighted by atomic mass is 10.3. The van der Waals surface area contributed by atoms with Crippen LogP contribution >= 0.6 is 23.1 Å². The third-order valence-corrected chi connectivity index (χ3v) is 4.46. The van der Waals surface area contributed by atoms with E-state index in [-0.39, 0.29) is 5.91 Å². The van der Waals surface area contributed by atoms with E-state index in [1.807, 2.05) is 24.8 Å². The molecule has 0 aliphatic rings. The van der Waals surface area contributed by atoms with E-state index >= 15 is 0 Å². The Morgan fingerprint density at radius 3 is 3.00 bits per heavy atom. The molecule has 90 valence electrons. The summed E-state index contributed by atoms with van der Waals surface area (Å²) in [5.41, 5.74) is 3.42. The molecule has 16 heavy (non-hydrogen) atoms. The number of rotatable bonds is 6. The molecule has 3 nitrogen and oxygen atoms in total. The fraction of sp³-hybridized carbons (Fsp3) is 0.545. The second-order valence-electron chi connectivity index (χ2n) is 3.57. The van der Waals surface area contributed by atoms with Gasteiger partial charge in [0.05, 0.1) is 4.88 Å². The molecule has 1 aromatic rings. The van der Waals surface area contributed by atoms with Gasteiger partial charge in [0, 0.05) is 10.6 Å². The van der Waals surface area contributed by atoms with Crippen LogP contribution in [-0.4, -0.2) is 11.7 Å². The molecule has 0 saturated carbocycles. The van der Waals surface area contributed by atoms with E-state index < -0.39 is 0 Å². The quantitative estimate of drug-likeness (QED) is 0.357. The highest BCUT2D eigenvalue weighted by Crippen LogP contribution is 2.25. The van der Waals surface area contributed by atoms with Gasteiger partial charge in [-0.05, 0) is 30.7 Å². The van der Waals surface area contributed by atoms with Crippen LogP contribution in [0.3, 0.4) is 0 Å². The standard InChI is InChI=1S/C11H18N2OS2/c1-3-4-5-15-7-9-6-10(11(14)13-12)16-8(9)2/h6H,3-5,7,12H2,1-2H3,(H,13,14). The molecule has 0 radical (unpaired) electrons. The number of amides is 1. The highest BCUT2D eigenvalue weighted by molar-refractivity contribution is 7.98. The number of hydrazine groups is 1. The molecule has 0 spiro atoms. The van der Waals surface area contributed by atoms with E-state index in [0.29, 0.717) is 4.88 Å². The van der Waals surface area contributed by atoms with Gasteiger partial charge in [-0.15, -0.1) is 11.3 Å². The van der Waals surface area contributed by atoms with Crippen LogP contribution in [0.1, 0.15) is 39.9 Å². The van der Waals surface area contributed by atoms with Crippen molar-refractivity contribution in [1.82, 2.24) is 5.43 Å². The molecule has 1 aromatic heterocycles. The number of nitrogens with one attached hydrogen (secondary N) is 1. The first kappa shape index (κ1) is 13.5.